The van der Waals surface area contributed by atoms with E-state index in [0.717, 1.165) is 11.3 Å². The summed E-state index contributed by atoms with van der Waals surface area (Å²) in [6.07, 6.45) is -0.807. The van der Waals surface area contributed by atoms with Crippen molar-refractivity contribution in [2.45, 2.75) is 6.23 Å². The molecule has 0 N–H and O–H groups in total. The van der Waals surface area contributed by atoms with E-state index in [2.05, 4.69) is 0 Å². The number of para-hydroxylation sites is 1. The number of rotatable bonds is 3. The highest BCUT2D eigenvalue weighted by Crippen LogP contribution is 2.38. The Morgan fingerprint density at radius 3 is 2.44 bits per heavy atom. The minimum absolute atomic E-state index is 0.188. The first-order chi connectivity index (χ1) is 13.1. The van der Waals surface area contributed by atoms with Crippen LogP contribution >= 0.6 is 11.3 Å². The molecular formula is C21H18N2O3S. The fraction of sp³-hybridized carbons (Fsp3) is 0.143. The van der Waals surface area contributed by atoms with Crippen molar-refractivity contribution in [2.75, 3.05) is 23.9 Å². The van der Waals surface area contributed by atoms with Gasteiger partial charge in [-0.05, 0) is 35.7 Å². The molecule has 0 saturated heterocycles. The summed E-state index contributed by atoms with van der Waals surface area (Å²) in [7, 11) is 3.91. The van der Waals surface area contributed by atoms with E-state index in [-0.39, 0.29) is 5.91 Å². The SMILES string of the molecule is CN(C)c1ccc([C@@H]2OC(=O)c3ccccc3N2C(=O)c2cccs2)cc1. The highest BCUT2D eigenvalue weighted by molar-refractivity contribution is 7.12. The van der Waals surface area contributed by atoms with Gasteiger partial charge in [-0.2, -0.15) is 0 Å². The summed E-state index contributed by atoms with van der Waals surface area (Å²) in [5.74, 6) is -0.617. The molecule has 2 aromatic carbocycles. The van der Waals surface area contributed by atoms with Crippen molar-refractivity contribution in [3.05, 3.63) is 82.0 Å². The topological polar surface area (TPSA) is 49.9 Å². The molecule has 5 nitrogen and oxygen atoms in total. The molecular weight excluding hydrogens is 360 g/mol. The molecule has 1 amide bonds. The number of amides is 1. The van der Waals surface area contributed by atoms with Crippen LogP contribution in [0.4, 0.5) is 11.4 Å². The second kappa shape index (κ2) is 6.89. The molecule has 6 heteroatoms. The molecule has 0 fully saturated rings. The normalized spacial score (nSPS) is 15.9. The Bertz CT molecular complexity index is 981. The Morgan fingerprint density at radius 2 is 1.78 bits per heavy atom. The van der Waals surface area contributed by atoms with Crippen LogP contribution in [-0.4, -0.2) is 26.0 Å². The number of thiophene rings is 1. The molecule has 0 spiro atoms. The second-order valence-electron chi connectivity index (χ2n) is 6.41. The highest BCUT2D eigenvalue weighted by atomic mass is 32.1. The molecule has 4 rings (SSSR count). The van der Waals surface area contributed by atoms with Crippen molar-refractivity contribution in [3.63, 3.8) is 0 Å². The lowest BCUT2D eigenvalue weighted by atomic mass is 10.1. The van der Waals surface area contributed by atoms with Gasteiger partial charge in [0.2, 0.25) is 6.23 Å². The predicted octanol–water partition coefficient (Wildman–Crippen LogP) is 4.33. The number of benzene rings is 2. The van der Waals surface area contributed by atoms with E-state index >= 15 is 0 Å². The smallest absolute Gasteiger partial charge is 0.342 e. The quantitative estimate of drug-likeness (QED) is 0.637. The van der Waals surface area contributed by atoms with Gasteiger partial charge < -0.3 is 9.64 Å². The molecule has 1 atom stereocenters. The molecule has 27 heavy (non-hydrogen) atoms. The van der Waals surface area contributed by atoms with Crippen molar-refractivity contribution in [1.29, 1.82) is 0 Å². The van der Waals surface area contributed by atoms with Crippen molar-refractivity contribution in [3.8, 4) is 0 Å². The monoisotopic (exact) mass is 378 g/mol. The number of nitrogens with zero attached hydrogens (tertiary/aromatic N) is 2. The van der Waals surface area contributed by atoms with Crippen LogP contribution in [0.25, 0.3) is 0 Å². The summed E-state index contributed by atoms with van der Waals surface area (Å²) in [6.45, 7) is 0. The van der Waals surface area contributed by atoms with Gasteiger partial charge in [0, 0.05) is 25.3 Å². The minimum atomic E-state index is -0.807. The number of hydrogen-bond donors (Lipinski definition) is 0. The molecule has 0 radical (unpaired) electrons. The lowest BCUT2D eigenvalue weighted by Crippen LogP contribution is -2.41. The third-order valence-corrected chi connectivity index (χ3v) is 5.34. The fourth-order valence-electron chi connectivity index (χ4n) is 3.09. The van der Waals surface area contributed by atoms with E-state index in [1.165, 1.54) is 11.3 Å². The van der Waals surface area contributed by atoms with Gasteiger partial charge in [0.15, 0.2) is 0 Å². The number of anilines is 2. The third-order valence-electron chi connectivity index (χ3n) is 4.48. The molecule has 1 aliphatic heterocycles. The number of cyclic esters (lactones) is 1. The fourth-order valence-corrected chi connectivity index (χ4v) is 3.75. The highest BCUT2D eigenvalue weighted by Gasteiger charge is 2.38. The molecule has 0 unspecified atom stereocenters. The molecule has 0 aliphatic carbocycles. The first-order valence-corrected chi connectivity index (χ1v) is 9.38. The third kappa shape index (κ3) is 3.08. The maximum Gasteiger partial charge on any atom is 0.342 e. The van der Waals surface area contributed by atoms with Gasteiger partial charge in [-0.3, -0.25) is 9.69 Å². The average molecular weight is 378 g/mol. The Balaban J connectivity index is 1.81. The Labute approximate surface area is 161 Å². The van der Waals surface area contributed by atoms with Gasteiger partial charge in [0.25, 0.3) is 5.91 Å². The zero-order valence-electron chi connectivity index (χ0n) is 15.0. The van der Waals surface area contributed by atoms with Crippen molar-refractivity contribution < 1.29 is 14.3 Å². The van der Waals surface area contributed by atoms with Gasteiger partial charge in [-0.15, -0.1) is 11.3 Å². The maximum absolute atomic E-state index is 13.2. The molecule has 1 aliphatic rings. The molecule has 0 bridgehead atoms. The van der Waals surface area contributed by atoms with Gasteiger partial charge in [-0.25, -0.2) is 4.79 Å². The molecule has 3 aromatic rings. The van der Waals surface area contributed by atoms with E-state index < -0.39 is 12.2 Å². The van der Waals surface area contributed by atoms with Crippen molar-refractivity contribution in [1.82, 2.24) is 0 Å². The number of hydrogen-bond acceptors (Lipinski definition) is 5. The summed E-state index contributed by atoms with van der Waals surface area (Å²) in [6, 6.07) is 18.3. The summed E-state index contributed by atoms with van der Waals surface area (Å²) in [5.41, 5.74) is 2.73. The van der Waals surface area contributed by atoms with Crippen LogP contribution in [0.2, 0.25) is 0 Å². The average Bonchev–Trinajstić information content (AvgIpc) is 3.22. The number of fused-ring (bicyclic) bond motifs is 1. The van der Waals surface area contributed by atoms with Gasteiger partial charge in [-0.1, -0.05) is 30.3 Å². The first-order valence-electron chi connectivity index (χ1n) is 8.50. The van der Waals surface area contributed by atoms with Crippen molar-refractivity contribution >= 4 is 34.6 Å². The Kier molecular flexibility index (Phi) is 4.41. The molecule has 1 aromatic heterocycles. The zero-order valence-corrected chi connectivity index (χ0v) is 15.8. The van der Waals surface area contributed by atoms with Crippen LogP contribution in [0.1, 0.15) is 31.8 Å². The Hall–Kier alpha value is -3.12. The largest absolute Gasteiger partial charge is 0.433 e. The van der Waals surface area contributed by atoms with Crippen LogP contribution in [0.3, 0.4) is 0 Å². The van der Waals surface area contributed by atoms with Gasteiger partial charge >= 0.3 is 5.97 Å². The van der Waals surface area contributed by atoms with Crippen LogP contribution in [-0.2, 0) is 4.74 Å². The summed E-state index contributed by atoms with van der Waals surface area (Å²) in [5, 5.41) is 1.86. The molecule has 0 saturated carbocycles. The second-order valence-corrected chi connectivity index (χ2v) is 7.36. The van der Waals surface area contributed by atoms with E-state index in [4.69, 9.17) is 4.74 Å². The number of carbonyl (C=O) groups is 2. The lowest BCUT2D eigenvalue weighted by molar-refractivity contribution is 0.0249. The number of carbonyl (C=O) groups excluding carboxylic acids is 2. The summed E-state index contributed by atoms with van der Waals surface area (Å²) in [4.78, 5) is 29.9. The maximum atomic E-state index is 13.2. The van der Waals surface area contributed by atoms with E-state index in [1.54, 1.807) is 29.2 Å². The van der Waals surface area contributed by atoms with Crippen molar-refractivity contribution in [2.24, 2.45) is 0 Å². The van der Waals surface area contributed by atoms with E-state index in [9.17, 15) is 9.59 Å². The number of ether oxygens (including phenoxy) is 1. The van der Waals surface area contributed by atoms with Crippen LogP contribution in [0, 0.1) is 0 Å². The summed E-state index contributed by atoms with van der Waals surface area (Å²) >= 11 is 1.37. The number of esters is 1. The van der Waals surface area contributed by atoms with E-state index in [0.29, 0.717) is 16.1 Å². The summed E-state index contributed by atoms with van der Waals surface area (Å²) < 4.78 is 5.69. The minimum Gasteiger partial charge on any atom is -0.433 e. The molecule has 2 heterocycles. The standard InChI is InChI=1S/C21H18N2O3S/c1-22(2)15-11-9-14(10-12-15)20-23(19(24)18-8-5-13-27-18)17-7-4-3-6-16(17)21(25)26-20/h3-13,20H,1-2H3/t20-/m0/s1. The first kappa shape index (κ1) is 17.3. The van der Waals surface area contributed by atoms with Crippen LogP contribution < -0.4 is 9.80 Å². The zero-order chi connectivity index (χ0) is 19.0. The van der Waals surface area contributed by atoms with E-state index in [1.807, 2.05) is 60.8 Å². The predicted molar refractivity (Wildman–Crippen MR) is 106 cm³/mol. The van der Waals surface area contributed by atoms with Gasteiger partial charge in [0.1, 0.15) is 0 Å². The van der Waals surface area contributed by atoms with Crippen LogP contribution in [0.5, 0.6) is 0 Å². The Morgan fingerprint density at radius 1 is 1.04 bits per heavy atom. The molecule has 136 valence electrons. The lowest BCUT2D eigenvalue weighted by Gasteiger charge is -2.36. The van der Waals surface area contributed by atoms with Crippen LogP contribution in [0.15, 0.2) is 66.0 Å². The van der Waals surface area contributed by atoms with Gasteiger partial charge in [0.05, 0.1) is 16.1 Å².